The molecule has 1 aromatic carbocycles. The third-order valence-electron chi connectivity index (χ3n) is 4.10. The molecule has 0 saturated carbocycles. The summed E-state index contributed by atoms with van der Waals surface area (Å²) in [5, 5.41) is 9.01. The number of hydrogen-bond donors (Lipinski definition) is 1. The molecule has 1 aromatic rings. The molecule has 1 N–H and O–H groups in total. The fourth-order valence-corrected chi connectivity index (χ4v) is 2.82. The van der Waals surface area contributed by atoms with Crippen molar-refractivity contribution in [3.8, 4) is 0 Å². The highest BCUT2D eigenvalue weighted by molar-refractivity contribution is 5.79. The molecule has 1 amide bonds. The van der Waals surface area contributed by atoms with Gasteiger partial charge < -0.3 is 10.0 Å². The zero-order valence-electron chi connectivity index (χ0n) is 12.4. The topological polar surface area (TPSA) is 57.6 Å². The van der Waals surface area contributed by atoms with Crippen LogP contribution in [0, 0.1) is 5.92 Å². The van der Waals surface area contributed by atoms with E-state index < -0.39 is 36.3 Å². The minimum Gasteiger partial charge on any atom is -0.481 e. The molecule has 1 unspecified atom stereocenters. The van der Waals surface area contributed by atoms with Crippen LogP contribution >= 0.6 is 0 Å². The number of benzene rings is 1. The smallest absolute Gasteiger partial charge is 0.396 e. The number of likely N-dealkylation sites (tertiary alicyclic amines) is 1. The second-order valence-corrected chi connectivity index (χ2v) is 5.73. The van der Waals surface area contributed by atoms with Crippen molar-refractivity contribution in [1.82, 2.24) is 4.90 Å². The molecule has 2 atom stereocenters. The summed E-state index contributed by atoms with van der Waals surface area (Å²) in [4.78, 5) is 24.5. The predicted octanol–water partition coefficient (Wildman–Crippen LogP) is 3.05. The summed E-state index contributed by atoms with van der Waals surface area (Å²) < 4.78 is 39.8. The minimum absolute atomic E-state index is 0.0203. The Kier molecular flexibility index (Phi) is 5.28. The average molecular weight is 329 g/mol. The first-order chi connectivity index (χ1) is 10.8. The summed E-state index contributed by atoms with van der Waals surface area (Å²) in [6, 6.07) is 7.31. The summed E-state index contributed by atoms with van der Waals surface area (Å²) >= 11 is 0. The predicted molar refractivity (Wildman–Crippen MR) is 76.8 cm³/mol. The largest absolute Gasteiger partial charge is 0.481 e. The number of carboxylic acids is 1. The van der Waals surface area contributed by atoms with Gasteiger partial charge in [-0.1, -0.05) is 30.3 Å². The molecule has 4 nitrogen and oxygen atoms in total. The molecule has 1 heterocycles. The van der Waals surface area contributed by atoms with Crippen LogP contribution in [0.25, 0.3) is 0 Å². The van der Waals surface area contributed by atoms with Crippen molar-refractivity contribution in [3.05, 3.63) is 35.9 Å². The normalized spacial score (nSPS) is 20.1. The molecule has 0 spiro atoms. The quantitative estimate of drug-likeness (QED) is 0.924. The van der Waals surface area contributed by atoms with Gasteiger partial charge in [-0.25, -0.2) is 0 Å². The molecule has 1 saturated heterocycles. The molecular formula is C16H18F3NO3. The lowest BCUT2D eigenvalue weighted by Gasteiger charge is -2.32. The number of nitrogens with zero attached hydrogens (tertiary/aromatic N) is 1. The van der Waals surface area contributed by atoms with Crippen LogP contribution in [0.4, 0.5) is 13.2 Å². The van der Waals surface area contributed by atoms with E-state index in [1.54, 1.807) is 6.07 Å². The van der Waals surface area contributed by atoms with Gasteiger partial charge in [0.1, 0.15) is 0 Å². The standard InChI is InChI=1S/C16H18F3NO3/c17-16(18,19)13(11-5-2-1-3-6-11)9-14(21)20-8-4-7-12(10-20)15(22)23/h1-3,5-6,12-13H,4,7-10H2,(H,22,23)/t12-,13?/m0/s1. The molecule has 1 aliphatic heterocycles. The van der Waals surface area contributed by atoms with E-state index >= 15 is 0 Å². The first-order valence-corrected chi connectivity index (χ1v) is 7.41. The lowest BCUT2D eigenvalue weighted by molar-refractivity contribution is -0.162. The Bertz CT molecular complexity index is 559. The number of alkyl halides is 3. The molecule has 0 aromatic heterocycles. The van der Waals surface area contributed by atoms with Crippen LogP contribution in [0.15, 0.2) is 30.3 Å². The van der Waals surface area contributed by atoms with E-state index in [0.29, 0.717) is 19.4 Å². The maximum atomic E-state index is 13.3. The second-order valence-electron chi connectivity index (χ2n) is 5.73. The zero-order valence-corrected chi connectivity index (χ0v) is 12.4. The summed E-state index contributed by atoms with van der Waals surface area (Å²) in [7, 11) is 0. The van der Waals surface area contributed by atoms with Crippen LogP contribution in [0.3, 0.4) is 0 Å². The van der Waals surface area contributed by atoms with E-state index in [2.05, 4.69) is 0 Å². The van der Waals surface area contributed by atoms with Gasteiger partial charge in [-0.3, -0.25) is 9.59 Å². The van der Waals surface area contributed by atoms with E-state index in [-0.39, 0.29) is 12.1 Å². The molecule has 0 bridgehead atoms. The van der Waals surface area contributed by atoms with E-state index in [4.69, 9.17) is 5.11 Å². The van der Waals surface area contributed by atoms with E-state index in [1.165, 1.54) is 29.2 Å². The number of amides is 1. The van der Waals surface area contributed by atoms with Crippen LogP contribution in [-0.2, 0) is 9.59 Å². The van der Waals surface area contributed by atoms with Crippen molar-refractivity contribution >= 4 is 11.9 Å². The summed E-state index contributed by atoms with van der Waals surface area (Å²) in [6.45, 7) is 0.287. The number of carboxylic acid groups (broad SMARTS) is 1. The monoisotopic (exact) mass is 329 g/mol. The number of carbonyl (C=O) groups is 2. The lowest BCUT2D eigenvalue weighted by atomic mass is 9.93. The molecule has 126 valence electrons. The Hall–Kier alpha value is -2.05. The van der Waals surface area contributed by atoms with E-state index in [9.17, 15) is 22.8 Å². The molecule has 0 radical (unpaired) electrons. The van der Waals surface area contributed by atoms with Crippen molar-refractivity contribution < 1.29 is 27.9 Å². The van der Waals surface area contributed by atoms with Crippen molar-refractivity contribution in [3.63, 3.8) is 0 Å². The number of piperidine rings is 1. The molecule has 2 rings (SSSR count). The van der Waals surface area contributed by atoms with Gasteiger partial charge in [0.25, 0.3) is 0 Å². The molecule has 0 aliphatic carbocycles. The number of hydrogen-bond acceptors (Lipinski definition) is 2. The molecule has 23 heavy (non-hydrogen) atoms. The van der Waals surface area contributed by atoms with E-state index in [1.807, 2.05) is 0 Å². The number of rotatable bonds is 4. The minimum atomic E-state index is -4.53. The Balaban J connectivity index is 2.10. The first kappa shape index (κ1) is 17.3. The Morgan fingerprint density at radius 1 is 1.26 bits per heavy atom. The lowest BCUT2D eigenvalue weighted by Crippen LogP contribution is -2.43. The number of carbonyl (C=O) groups excluding carboxylic acids is 1. The highest BCUT2D eigenvalue weighted by Gasteiger charge is 2.43. The Morgan fingerprint density at radius 3 is 2.48 bits per heavy atom. The van der Waals surface area contributed by atoms with Gasteiger partial charge >= 0.3 is 12.1 Å². The first-order valence-electron chi connectivity index (χ1n) is 7.41. The molecule has 1 aliphatic rings. The maximum Gasteiger partial charge on any atom is 0.396 e. The van der Waals surface area contributed by atoms with Crippen molar-refractivity contribution in [2.45, 2.75) is 31.4 Å². The Morgan fingerprint density at radius 2 is 1.91 bits per heavy atom. The molecular weight excluding hydrogens is 311 g/mol. The highest BCUT2D eigenvalue weighted by Crippen LogP contribution is 2.38. The van der Waals surface area contributed by atoms with Gasteiger partial charge in [0, 0.05) is 19.5 Å². The second kappa shape index (κ2) is 7.02. The van der Waals surface area contributed by atoms with Gasteiger partial charge in [-0.2, -0.15) is 13.2 Å². The maximum absolute atomic E-state index is 13.3. The van der Waals surface area contributed by atoms with Crippen LogP contribution in [0.5, 0.6) is 0 Å². The van der Waals surface area contributed by atoms with Gasteiger partial charge in [-0.05, 0) is 18.4 Å². The van der Waals surface area contributed by atoms with Crippen molar-refractivity contribution in [1.29, 1.82) is 0 Å². The van der Waals surface area contributed by atoms with Gasteiger partial charge in [0.05, 0.1) is 11.8 Å². The number of halogens is 3. The summed E-state index contributed by atoms with van der Waals surface area (Å²) in [6.07, 6.45) is -4.29. The van der Waals surface area contributed by atoms with Gasteiger partial charge in [0.15, 0.2) is 0 Å². The molecule has 1 fully saturated rings. The van der Waals surface area contributed by atoms with Crippen molar-refractivity contribution in [2.75, 3.05) is 13.1 Å². The highest BCUT2D eigenvalue weighted by atomic mass is 19.4. The van der Waals surface area contributed by atoms with E-state index in [0.717, 1.165) is 0 Å². The third kappa shape index (κ3) is 4.46. The van der Waals surface area contributed by atoms with Crippen LogP contribution in [0.1, 0.15) is 30.7 Å². The van der Waals surface area contributed by atoms with Gasteiger partial charge in [0.2, 0.25) is 5.91 Å². The summed E-state index contributed by atoms with van der Waals surface area (Å²) in [5.74, 6) is -4.24. The molecule has 7 heteroatoms. The van der Waals surface area contributed by atoms with Crippen molar-refractivity contribution in [2.24, 2.45) is 5.92 Å². The van der Waals surface area contributed by atoms with Crippen LogP contribution in [0.2, 0.25) is 0 Å². The number of aliphatic carboxylic acids is 1. The zero-order chi connectivity index (χ0) is 17.0. The fraction of sp³-hybridized carbons (Fsp3) is 0.500. The fourth-order valence-electron chi connectivity index (χ4n) is 2.82. The Labute approximate surface area is 131 Å². The third-order valence-corrected chi connectivity index (χ3v) is 4.10. The summed E-state index contributed by atoms with van der Waals surface area (Å²) in [5.41, 5.74) is 0.0418. The SMILES string of the molecule is O=C(O)[C@H]1CCCN(C(=O)CC(c2ccccc2)C(F)(F)F)C1. The van der Waals surface area contributed by atoms with Crippen LogP contribution < -0.4 is 0 Å². The van der Waals surface area contributed by atoms with Gasteiger partial charge in [-0.15, -0.1) is 0 Å². The van der Waals surface area contributed by atoms with Crippen LogP contribution in [-0.4, -0.2) is 41.1 Å². The average Bonchev–Trinajstić information content (AvgIpc) is 2.52.